The highest BCUT2D eigenvalue weighted by Crippen LogP contribution is 2.15. The Hall–Kier alpha value is -1.39. The second-order valence-electron chi connectivity index (χ2n) is 8.02. The summed E-state index contributed by atoms with van der Waals surface area (Å²) in [5.41, 5.74) is 2.15. The van der Waals surface area contributed by atoms with Crippen LogP contribution in [0.15, 0.2) is 24.3 Å². The Morgan fingerprint density at radius 1 is 0.880 bits per heavy atom. The van der Waals surface area contributed by atoms with E-state index in [0.29, 0.717) is 5.92 Å². The number of rotatable bonds is 5. The molecule has 0 aliphatic carbocycles. The summed E-state index contributed by atoms with van der Waals surface area (Å²) in [6, 6.07) is 8.30. The maximum absolute atomic E-state index is 12.7. The average Bonchev–Trinajstić information content (AvgIpc) is 2.63. The molecule has 0 N–H and O–H groups in total. The number of piperidine rings is 1. The topological polar surface area (TPSA) is 26.8 Å². The van der Waals surface area contributed by atoms with E-state index in [1.54, 1.807) is 0 Å². The van der Waals surface area contributed by atoms with Gasteiger partial charge in [-0.15, -0.1) is 0 Å². The molecule has 0 saturated carbocycles. The molecular weight excluding hydrogens is 310 g/mol. The van der Waals surface area contributed by atoms with Crippen LogP contribution in [0.2, 0.25) is 0 Å². The number of amides is 1. The number of hydrogen-bond acceptors (Lipinski definition) is 3. The number of carbonyl (C=O) groups is 1. The minimum Gasteiger partial charge on any atom is -0.336 e. The second kappa shape index (κ2) is 8.81. The van der Waals surface area contributed by atoms with Gasteiger partial charge in [0.2, 0.25) is 0 Å². The zero-order chi connectivity index (χ0) is 17.6. The number of piperazine rings is 1. The van der Waals surface area contributed by atoms with Crippen LogP contribution in [0.3, 0.4) is 0 Å². The molecule has 0 bridgehead atoms. The SMILES string of the molecule is CC(C)CN1CCN(C(=O)c2ccc(CN3CCCCC3)cc2)CC1. The Labute approximate surface area is 152 Å². The van der Waals surface area contributed by atoms with Gasteiger partial charge >= 0.3 is 0 Å². The number of hydrogen-bond donors (Lipinski definition) is 0. The zero-order valence-electron chi connectivity index (χ0n) is 15.9. The van der Waals surface area contributed by atoms with Crippen molar-refractivity contribution in [1.29, 1.82) is 0 Å². The lowest BCUT2D eigenvalue weighted by atomic mass is 10.1. The Morgan fingerprint density at radius 2 is 1.52 bits per heavy atom. The van der Waals surface area contributed by atoms with Crippen LogP contribution in [0, 0.1) is 5.92 Å². The van der Waals surface area contributed by atoms with Crippen molar-refractivity contribution in [3.05, 3.63) is 35.4 Å². The first-order chi connectivity index (χ1) is 12.1. The zero-order valence-corrected chi connectivity index (χ0v) is 15.9. The molecule has 25 heavy (non-hydrogen) atoms. The predicted molar refractivity (Wildman–Crippen MR) is 103 cm³/mol. The number of nitrogens with zero attached hydrogens (tertiary/aromatic N) is 3. The summed E-state index contributed by atoms with van der Waals surface area (Å²) in [4.78, 5) is 19.7. The minimum absolute atomic E-state index is 0.189. The van der Waals surface area contributed by atoms with Crippen molar-refractivity contribution in [2.24, 2.45) is 5.92 Å². The van der Waals surface area contributed by atoms with Gasteiger partial charge in [0.25, 0.3) is 5.91 Å². The van der Waals surface area contributed by atoms with Gasteiger partial charge in [-0.2, -0.15) is 0 Å². The number of carbonyl (C=O) groups excluding carboxylic acids is 1. The number of likely N-dealkylation sites (tertiary alicyclic amines) is 1. The van der Waals surface area contributed by atoms with E-state index in [2.05, 4.69) is 35.8 Å². The van der Waals surface area contributed by atoms with Gasteiger partial charge in [-0.1, -0.05) is 32.4 Å². The summed E-state index contributed by atoms with van der Waals surface area (Å²) in [7, 11) is 0. The summed E-state index contributed by atoms with van der Waals surface area (Å²) in [5.74, 6) is 0.878. The Balaban J connectivity index is 1.51. The molecule has 2 fully saturated rings. The Morgan fingerprint density at radius 3 is 2.12 bits per heavy atom. The van der Waals surface area contributed by atoms with Gasteiger partial charge in [-0.05, 0) is 49.5 Å². The minimum atomic E-state index is 0.189. The first kappa shape index (κ1) is 18.4. The van der Waals surface area contributed by atoms with Crippen LogP contribution in [0.1, 0.15) is 49.0 Å². The maximum atomic E-state index is 12.7. The normalized spacial score (nSPS) is 20.2. The molecule has 138 valence electrons. The lowest BCUT2D eigenvalue weighted by Gasteiger charge is -2.35. The van der Waals surface area contributed by atoms with Crippen molar-refractivity contribution >= 4 is 5.91 Å². The third kappa shape index (κ3) is 5.29. The molecule has 0 atom stereocenters. The van der Waals surface area contributed by atoms with Gasteiger partial charge in [0.1, 0.15) is 0 Å². The van der Waals surface area contributed by atoms with Crippen LogP contribution < -0.4 is 0 Å². The quantitative estimate of drug-likeness (QED) is 0.822. The molecular formula is C21H33N3O. The van der Waals surface area contributed by atoms with Gasteiger partial charge in [-0.25, -0.2) is 0 Å². The van der Waals surface area contributed by atoms with Crippen molar-refractivity contribution in [2.45, 2.75) is 39.7 Å². The summed E-state index contributed by atoms with van der Waals surface area (Å²) in [6.07, 6.45) is 4.01. The van der Waals surface area contributed by atoms with Gasteiger partial charge in [0.05, 0.1) is 0 Å². The van der Waals surface area contributed by atoms with Crippen LogP contribution in [0.5, 0.6) is 0 Å². The fourth-order valence-electron chi connectivity index (χ4n) is 3.96. The van der Waals surface area contributed by atoms with Crippen LogP contribution in [0.25, 0.3) is 0 Å². The largest absolute Gasteiger partial charge is 0.336 e. The maximum Gasteiger partial charge on any atom is 0.253 e. The average molecular weight is 344 g/mol. The molecule has 4 nitrogen and oxygen atoms in total. The van der Waals surface area contributed by atoms with Gasteiger partial charge in [0, 0.05) is 44.8 Å². The Bertz CT molecular complexity index is 541. The summed E-state index contributed by atoms with van der Waals surface area (Å²) >= 11 is 0. The van der Waals surface area contributed by atoms with E-state index in [0.717, 1.165) is 44.8 Å². The molecule has 1 aromatic rings. The van der Waals surface area contributed by atoms with Crippen LogP contribution in [-0.2, 0) is 6.54 Å². The molecule has 1 aromatic carbocycles. The van der Waals surface area contributed by atoms with E-state index in [9.17, 15) is 4.79 Å². The smallest absolute Gasteiger partial charge is 0.253 e. The first-order valence-electron chi connectivity index (χ1n) is 9.95. The molecule has 4 heteroatoms. The van der Waals surface area contributed by atoms with E-state index >= 15 is 0 Å². The Kier molecular flexibility index (Phi) is 6.49. The molecule has 1 amide bonds. The van der Waals surface area contributed by atoms with Crippen molar-refractivity contribution in [2.75, 3.05) is 45.8 Å². The first-order valence-corrected chi connectivity index (χ1v) is 9.95. The van der Waals surface area contributed by atoms with Crippen molar-refractivity contribution in [3.63, 3.8) is 0 Å². The second-order valence-corrected chi connectivity index (χ2v) is 8.02. The van der Waals surface area contributed by atoms with Crippen molar-refractivity contribution < 1.29 is 4.79 Å². The van der Waals surface area contributed by atoms with Gasteiger partial charge in [-0.3, -0.25) is 14.6 Å². The van der Waals surface area contributed by atoms with E-state index in [4.69, 9.17) is 0 Å². The highest BCUT2D eigenvalue weighted by atomic mass is 16.2. The van der Waals surface area contributed by atoms with Crippen LogP contribution in [-0.4, -0.2) is 66.4 Å². The summed E-state index contributed by atoms with van der Waals surface area (Å²) < 4.78 is 0. The van der Waals surface area contributed by atoms with Gasteiger partial charge < -0.3 is 4.90 Å². The molecule has 2 aliphatic rings. The highest BCUT2D eigenvalue weighted by Gasteiger charge is 2.22. The standard InChI is InChI=1S/C21H33N3O/c1-18(2)16-23-12-14-24(15-13-23)21(25)20-8-6-19(7-9-20)17-22-10-4-3-5-11-22/h6-9,18H,3-5,10-17H2,1-2H3. The van der Waals surface area contributed by atoms with Crippen molar-refractivity contribution in [3.8, 4) is 0 Å². The summed E-state index contributed by atoms with van der Waals surface area (Å²) in [5, 5.41) is 0. The lowest BCUT2D eigenvalue weighted by Crippen LogP contribution is -2.49. The third-order valence-corrected chi connectivity index (χ3v) is 5.34. The fourth-order valence-corrected chi connectivity index (χ4v) is 3.96. The predicted octanol–water partition coefficient (Wildman–Crippen LogP) is 3.09. The summed E-state index contributed by atoms with van der Waals surface area (Å²) in [6.45, 7) is 12.8. The fraction of sp³-hybridized carbons (Fsp3) is 0.667. The van der Waals surface area contributed by atoms with E-state index < -0.39 is 0 Å². The molecule has 2 heterocycles. The lowest BCUT2D eigenvalue weighted by molar-refractivity contribution is 0.0624. The third-order valence-electron chi connectivity index (χ3n) is 5.34. The van der Waals surface area contributed by atoms with Crippen LogP contribution in [0.4, 0.5) is 0 Å². The molecule has 0 aromatic heterocycles. The molecule has 2 saturated heterocycles. The molecule has 0 spiro atoms. The van der Waals surface area contributed by atoms with Gasteiger partial charge in [0.15, 0.2) is 0 Å². The van der Waals surface area contributed by atoms with Crippen LogP contribution >= 0.6 is 0 Å². The van der Waals surface area contributed by atoms with E-state index in [-0.39, 0.29) is 5.91 Å². The van der Waals surface area contributed by atoms with Crippen molar-refractivity contribution in [1.82, 2.24) is 14.7 Å². The molecule has 2 aliphatic heterocycles. The van der Waals surface area contributed by atoms with E-state index in [1.807, 2.05) is 17.0 Å². The highest BCUT2D eigenvalue weighted by molar-refractivity contribution is 5.94. The molecule has 3 rings (SSSR count). The van der Waals surface area contributed by atoms with E-state index in [1.165, 1.54) is 37.9 Å². The monoisotopic (exact) mass is 343 g/mol. The number of benzene rings is 1. The molecule has 0 unspecified atom stereocenters. The molecule has 0 radical (unpaired) electrons.